The molecule has 0 aliphatic rings. The summed E-state index contributed by atoms with van der Waals surface area (Å²) < 4.78 is 0. The predicted molar refractivity (Wildman–Crippen MR) is 139 cm³/mol. The van der Waals surface area contributed by atoms with E-state index in [2.05, 4.69) is 20.9 Å². The van der Waals surface area contributed by atoms with Crippen LogP contribution in [0.4, 0.5) is 0 Å². The molecule has 0 spiro atoms. The monoisotopic (exact) mass is 517 g/mol. The topological polar surface area (TPSA) is 187 Å². The fourth-order valence-corrected chi connectivity index (χ4v) is 3.92. The lowest BCUT2D eigenvalue weighted by atomic mass is 9.99. The van der Waals surface area contributed by atoms with Gasteiger partial charge in [-0.05, 0) is 36.8 Å². The van der Waals surface area contributed by atoms with E-state index in [1.54, 1.807) is 20.0 Å². The van der Waals surface area contributed by atoms with Crippen molar-refractivity contribution in [1.82, 2.24) is 20.9 Å². The Hall–Kier alpha value is -3.44. The molecule has 11 nitrogen and oxygen atoms in total. The van der Waals surface area contributed by atoms with Crippen LogP contribution in [0.5, 0.6) is 0 Å². The largest absolute Gasteiger partial charge is 0.480 e. The third kappa shape index (κ3) is 8.29. The molecule has 0 saturated heterocycles. The molecular weight excluding hydrogens is 478 g/mol. The van der Waals surface area contributed by atoms with Gasteiger partial charge in [0, 0.05) is 23.5 Å². The highest BCUT2D eigenvalue weighted by molar-refractivity contribution is 5.95. The van der Waals surface area contributed by atoms with Gasteiger partial charge in [0.15, 0.2) is 6.04 Å². The number of hydrogen-bond acceptors (Lipinski definition) is 6. The minimum absolute atomic E-state index is 0.0406. The minimum Gasteiger partial charge on any atom is -0.480 e. The molecule has 0 aliphatic carbocycles. The van der Waals surface area contributed by atoms with E-state index in [0.29, 0.717) is 6.42 Å². The summed E-state index contributed by atoms with van der Waals surface area (Å²) >= 11 is 0. The van der Waals surface area contributed by atoms with E-state index in [9.17, 15) is 29.4 Å². The van der Waals surface area contributed by atoms with E-state index < -0.39 is 54.0 Å². The van der Waals surface area contributed by atoms with Crippen LogP contribution in [0, 0.1) is 11.8 Å². The number of hydrogen-bond donors (Lipinski definition) is 7. The van der Waals surface area contributed by atoms with Gasteiger partial charge in [0.1, 0.15) is 12.1 Å². The van der Waals surface area contributed by atoms with E-state index in [0.717, 1.165) is 16.5 Å². The van der Waals surface area contributed by atoms with Crippen LogP contribution in [0.1, 0.15) is 46.6 Å². The van der Waals surface area contributed by atoms with Gasteiger partial charge in [-0.25, -0.2) is 4.79 Å². The van der Waals surface area contributed by atoms with Crippen molar-refractivity contribution in [2.45, 2.75) is 77.7 Å². The Morgan fingerprint density at radius 3 is 2.08 bits per heavy atom. The molecule has 0 saturated carbocycles. The van der Waals surface area contributed by atoms with Gasteiger partial charge in [0.2, 0.25) is 17.7 Å². The Labute approximate surface area is 216 Å². The van der Waals surface area contributed by atoms with E-state index in [4.69, 9.17) is 5.73 Å². The maximum atomic E-state index is 13.3. The molecule has 0 bridgehead atoms. The number of rotatable bonds is 13. The zero-order chi connectivity index (χ0) is 27.9. The number of para-hydroxylation sites is 1. The number of benzene rings is 1. The maximum Gasteiger partial charge on any atom is 0.328 e. The molecule has 11 heteroatoms. The number of aromatic nitrogens is 1. The Bertz CT molecular complexity index is 1100. The molecule has 3 amide bonds. The second-order valence-corrected chi connectivity index (χ2v) is 10.2. The van der Waals surface area contributed by atoms with Crippen LogP contribution in [0.15, 0.2) is 30.5 Å². The van der Waals surface area contributed by atoms with Gasteiger partial charge in [0.05, 0.1) is 12.1 Å². The number of aromatic amines is 1. The van der Waals surface area contributed by atoms with Crippen LogP contribution >= 0.6 is 0 Å². The first-order valence-electron chi connectivity index (χ1n) is 12.4. The Morgan fingerprint density at radius 2 is 1.51 bits per heavy atom. The van der Waals surface area contributed by atoms with Crippen LogP contribution in [0.2, 0.25) is 0 Å². The van der Waals surface area contributed by atoms with Crippen molar-refractivity contribution in [2.24, 2.45) is 17.6 Å². The highest BCUT2D eigenvalue weighted by atomic mass is 16.4. The standard InChI is InChI=1S/C26H39N5O6/c1-13(2)10-19(30-25(35)21(27)14(3)4)23(33)29-20(24(34)31-22(15(5)32)26(36)37)11-16-12-28-18-9-7-6-8-17(16)18/h6-9,12-15,19-22,28,32H,10-11,27H2,1-5H3,(H,29,33)(H,30,35)(H,31,34)(H,36,37). The first-order valence-corrected chi connectivity index (χ1v) is 12.4. The number of carbonyl (C=O) groups is 4. The summed E-state index contributed by atoms with van der Waals surface area (Å²) in [4.78, 5) is 53.8. The number of carboxylic acids is 1. The number of carboxylic acid groups (broad SMARTS) is 1. The van der Waals surface area contributed by atoms with E-state index in [-0.39, 0.29) is 18.3 Å². The first kappa shape index (κ1) is 29.8. The summed E-state index contributed by atoms with van der Waals surface area (Å²) in [6, 6.07) is 2.92. The van der Waals surface area contributed by atoms with Gasteiger partial charge in [-0.1, -0.05) is 45.9 Å². The number of aliphatic hydroxyl groups is 1. The van der Waals surface area contributed by atoms with E-state index in [1.807, 2.05) is 38.1 Å². The summed E-state index contributed by atoms with van der Waals surface area (Å²) in [5.74, 6) is -3.36. The zero-order valence-corrected chi connectivity index (χ0v) is 21.9. The van der Waals surface area contributed by atoms with Crippen LogP contribution in [-0.2, 0) is 25.6 Å². The van der Waals surface area contributed by atoms with Gasteiger partial charge in [-0.3, -0.25) is 14.4 Å². The van der Waals surface area contributed by atoms with Gasteiger partial charge >= 0.3 is 5.97 Å². The molecular formula is C26H39N5O6. The molecule has 0 aliphatic heterocycles. The highest BCUT2D eigenvalue weighted by Crippen LogP contribution is 2.19. The number of aliphatic carboxylic acids is 1. The second kappa shape index (κ2) is 13.2. The fraction of sp³-hybridized carbons (Fsp3) is 0.538. The number of nitrogens with one attached hydrogen (secondary N) is 4. The summed E-state index contributed by atoms with van der Waals surface area (Å²) in [5, 5.41) is 27.8. The molecule has 0 fully saturated rings. The van der Waals surface area contributed by atoms with Crippen molar-refractivity contribution in [2.75, 3.05) is 0 Å². The normalized spacial score (nSPS) is 15.6. The molecule has 1 aromatic carbocycles. The molecule has 37 heavy (non-hydrogen) atoms. The van der Waals surface area contributed by atoms with E-state index >= 15 is 0 Å². The molecule has 1 aromatic heterocycles. The van der Waals surface area contributed by atoms with E-state index in [1.165, 1.54) is 6.92 Å². The van der Waals surface area contributed by atoms with Crippen molar-refractivity contribution in [3.8, 4) is 0 Å². The number of carbonyl (C=O) groups excluding carboxylic acids is 3. The molecule has 2 aromatic rings. The van der Waals surface area contributed by atoms with Crippen LogP contribution in [0.3, 0.4) is 0 Å². The fourth-order valence-electron chi connectivity index (χ4n) is 3.92. The molecule has 5 atom stereocenters. The number of fused-ring (bicyclic) bond motifs is 1. The number of aliphatic hydroxyl groups excluding tert-OH is 1. The Morgan fingerprint density at radius 1 is 0.919 bits per heavy atom. The van der Waals surface area contributed by atoms with Crippen LogP contribution in [0.25, 0.3) is 10.9 Å². The lowest BCUT2D eigenvalue weighted by molar-refractivity contribution is -0.145. The Balaban J connectivity index is 2.34. The first-order chi connectivity index (χ1) is 17.3. The lowest BCUT2D eigenvalue weighted by Crippen LogP contribution is -2.59. The average molecular weight is 518 g/mol. The smallest absolute Gasteiger partial charge is 0.328 e. The maximum absolute atomic E-state index is 13.3. The van der Waals surface area contributed by atoms with Crippen molar-refractivity contribution < 1.29 is 29.4 Å². The van der Waals surface area contributed by atoms with Crippen molar-refractivity contribution >= 4 is 34.6 Å². The number of amides is 3. The lowest BCUT2D eigenvalue weighted by Gasteiger charge is -2.27. The summed E-state index contributed by atoms with van der Waals surface area (Å²) in [6.07, 6.45) is 0.697. The summed E-state index contributed by atoms with van der Waals surface area (Å²) in [6.45, 7) is 8.63. The highest BCUT2D eigenvalue weighted by Gasteiger charge is 2.33. The third-order valence-electron chi connectivity index (χ3n) is 6.14. The molecule has 0 radical (unpaired) electrons. The average Bonchev–Trinajstić information content (AvgIpc) is 3.22. The molecule has 204 valence electrons. The van der Waals surface area contributed by atoms with Gasteiger partial charge in [-0.2, -0.15) is 0 Å². The Kier molecular flexibility index (Phi) is 10.6. The number of H-pyrrole nitrogens is 1. The number of nitrogens with two attached hydrogens (primary N) is 1. The molecule has 8 N–H and O–H groups in total. The van der Waals surface area contributed by atoms with Gasteiger partial charge in [0.25, 0.3) is 0 Å². The predicted octanol–water partition coefficient (Wildman–Crippen LogP) is 0.660. The summed E-state index contributed by atoms with van der Waals surface area (Å²) in [7, 11) is 0. The molecule has 2 rings (SSSR count). The quantitative estimate of drug-likeness (QED) is 0.203. The van der Waals surface area contributed by atoms with Gasteiger partial charge < -0.3 is 36.9 Å². The van der Waals surface area contributed by atoms with Crippen molar-refractivity contribution in [3.63, 3.8) is 0 Å². The molecule has 1 heterocycles. The minimum atomic E-state index is -1.56. The molecule has 5 unspecified atom stereocenters. The van der Waals surface area contributed by atoms with Gasteiger partial charge in [-0.15, -0.1) is 0 Å². The zero-order valence-electron chi connectivity index (χ0n) is 21.9. The van der Waals surface area contributed by atoms with Crippen molar-refractivity contribution in [3.05, 3.63) is 36.0 Å². The van der Waals surface area contributed by atoms with Crippen LogP contribution < -0.4 is 21.7 Å². The van der Waals surface area contributed by atoms with Crippen LogP contribution in [-0.4, -0.2) is 69.2 Å². The third-order valence-corrected chi connectivity index (χ3v) is 6.14. The van der Waals surface area contributed by atoms with Crippen molar-refractivity contribution in [1.29, 1.82) is 0 Å². The summed E-state index contributed by atoms with van der Waals surface area (Å²) in [5.41, 5.74) is 7.52. The second-order valence-electron chi connectivity index (χ2n) is 10.2. The SMILES string of the molecule is CC(C)CC(NC(=O)C(N)C(C)C)C(=O)NC(Cc1c[nH]c2ccccc12)C(=O)NC(C(=O)O)C(C)O.